The Morgan fingerprint density at radius 1 is 1.17 bits per heavy atom. The van der Waals surface area contributed by atoms with E-state index in [0.29, 0.717) is 22.7 Å². The number of rotatable bonds is 4. The van der Waals surface area contributed by atoms with Gasteiger partial charge in [-0.1, -0.05) is 0 Å². The Morgan fingerprint density at radius 3 is 2.66 bits per heavy atom. The molecule has 4 heterocycles. The highest BCUT2D eigenvalue weighted by Crippen LogP contribution is 2.34. The molecule has 0 unspecified atom stereocenters. The highest BCUT2D eigenvalue weighted by molar-refractivity contribution is 7.99. The molecule has 12 heteroatoms. The molecule has 0 bridgehead atoms. The van der Waals surface area contributed by atoms with E-state index in [2.05, 4.69) is 25.1 Å². The zero-order valence-corrected chi connectivity index (χ0v) is 15.6. The van der Waals surface area contributed by atoms with Crippen LogP contribution in [0, 0.1) is 6.92 Å². The number of nitrogens with two attached hydrogens (primary N) is 1. The fourth-order valence-corrected chi connectivity index (χ4v) is 3.24. The summed E-state index contributed by atoms with van der Waals surface area (Å²) in [7, 11) is 0. The number of aromatic nitrogens is 6. The predicted octanol–water partition coefficient (Wildman–Crippen LogP) is 3.58. The predicted molar refractivity (Wildman–Crippen MR) is 97.0 cm³/mol. The number of alkyl halides is 3. The molecule has 0 aliphatic heterocycles. The van der Waals surface area contributed by atoms with Gasteiger partial charge in [0.25, 0.3) is 0 Å². The SMILES string of the molecule is Cc1occc1-c1nnc(Sc2cc(C(F)(F)F)nc(-c3cccnc3)n2)n1N. The van der Waals surface area contributed by atoms with Crippen LogP contribution < -0.4 is 5.84 Å². The second-order valence-corrected chi connectivity index (χ2v) is 6.81. The molecule has 0 radical (unpaired) electrons. The van der Waals surface area contributed by atoms with Crippen LogP contribution in [0.3, 0.4) is 0 Å². The van der Waals surface area contributed by atoms with Gasteiger partial charge in [0, 0.05) is 24.0 Å². The zero-order valence-electron chi connectivity index (χ0n) is 14.8. The van der Waals surface area contributed by atoms with Gasteiger partial charge in [0.15, 0.2) is 11.6 Å². The van der Waals surface area contributed by atoms with Crippen molar-refractivity contribution in [1.29, 1.82) is 0 Å². The summed E-state index contributed by atoms with van der Waals surface area (Å²) in [6, 6.07) is 5.66. The molecule has 0 spiro atoms. The Balaban J connectivity index is 1.74. The highest BCUT2D eigenvalue weighted by atomic mass is 32.2. The Labute approximate surface area is 166 Å². The van der Waals surface area contributed by atoms with Gasteiger partial charge in [-0.3, -0.25) is 4.98 Å². The van der Waals surface area contributed by atoms with Crippen molar-refractivity contribution < 1.29 is 17.6 Å². The van der Waals surface area contributed by atoms with Crippen LogP contribution in [0.1, 0.15) is 11.5 Å². The molecule has 0 amide bonds. The molecule has 8 nitrogen and oxygen atoms in total. The van der Waals surface area contributed by atoms with Crippen LogP contribution in [-0.2, 0) is 6.18 Å². The number of hydrogen-bond acceptors (Lipinski definition) is 8. The van der Waals surface area contributed by atoms with Crippen molar-refractivity contribution >= 4 is 11.8 Å². The van der Waals surface area contributed by atoms with Crippen molar-refractivity contribution in [3.05, 3.63) is 54.4 Å². The maximum Gasteiger partial charge on any atom is 0.433 e. The van der Waals surface area contributed by atoms with E-state index in [1.165, 1.54) is 23.3 Å². The average Bonchev–Trinajstić information content (AvgIpc) is 3.27. The summed E-state index contributed by atoms with van der Waals surface area (Å²) in [4.78, 5) is 11.7. The first kappa shape index (κ1) is 18.9. The van der Waals surface area contributed by atoms with Crippen LogP contribution >= 0.6 is 11.8 Å². The van der Waals surface area contributed by atoms with E-state index < -0.39 is 11.9 Å². The van der Waals surface area contributed by atoms with Crippen LogP contribution in [0.4, 0.5) is 13.2 Å². The Morgan fingerprint density at radius 2 is 2.00 bits per heavy atom. The van der Waals surface area contributed by atoms with Gasteiger partial charge in [-0.15, -0.1) is 10.2 Å². The molecule has 4 aromatic heterocycles. The smallest absolute Gasteiger partial charge is 0.433 e. The fraction of sp³-hybridized carbons (Fsp3) is 0.118. The Bertz CT molecular complexity index is 1160. The molecule has 0 fully saturated rings. The molecule has 4 rings (SSSR count). The van der Waals surface area contributed by atoms with Gasteiger partial charge in [0.1, 0.15) is 16.5 Å². The summed E-state index contributed by atoms with van der Waals surface area (Å²) in [6.07, 6.45) is -0.283. The Kier molecular flexibility index (Phi) is 4.70. The summed E-state index contributed by atoms with van der Waals surface area (Å²) in [6.45, 7) is 1.73. The molecule has 0 saturated heterocycles. The lowest BCUT2D eigenvalue weighted by molar-refractivity contribution is -0.141. The Hall–Kier alpha value is -3.41. The zero-order chi connectivity index (χ0) is 20.6. The van der Waals surface area contributed by atoms with Crippen molar-refractivity contribution in [2.75, 3.05) is 5.84 Å². The van der Waals surface area contributed by atoms with Gasteiger partial charge in [-0.2, -0.15) is 13.2 Å². The number of nitrogens with zero attached hydrogens (tertiary/aromatic N) is 6. The van der Waals surface area contributed by atoms with Crippen molar-refractivity contribution in [3.8, 4) is 22.8 Å². The molecule has 0 aliphatic rings. The molecule has 29 heavy (non-hydrogen) atoms. The third kappa shape index (κ3) is 3.78. The van der Waals surface area contributed by atoms with E-state index >= 15 is 0 Å². The maximum atomic E-state index is 13.3. The molecule has 0 atom stereocenters. The maximum absolute atomic E-state index is 13.3. The van der Waals surface area contributed by atoms with Gasteiger partial charge in [-0.05, 0) is 36.9 Å². The summed E-state index contributed by atoms with van der Waals surface area (Å²) in [5, 5.41) is 8.13. The van der Waals surface area contributed by atoms with E-state index in [-0.39, 0.29) is 16.0 Å². The van der Waals surface area contributed by atoms with E-state index in [4.69, 9.17) is 10.3 Å². The molecular weight excluding hydrogens is 407 g/mol. The van der Waals surface area contributed by atoms with Crippen LogP contribution in [-0.4, -0.2) is 29.8 Å². The monoisotopic (exact) mass is 419 g/mol. The second-order valence-electron chi connectivity index (χ2n) is 5.82. The van der Waals surface area contributed by atoms with E-state index in [0.717, 1.165) is 17.8 Å². The van der Waals surface area contributed by atoms with Crippen molar-refractivity contribution in [1.82, 2.24) is 29.8 Å². The molecule has 4 aromatic rings. The summed E-state index contributed by atoms with van der Waals surface area (Å²) >= 11 is 0.840. The summed E-state index contributed by atoms with van der Waals surface area (Å²) in [5.41, 5.74) is -0.103. The van der Waals surface area contributed by atoms with Gasteiger partial charge in [0.05, 0.1) is 11.8 Å². The van der Waals surface area contributed by atoms with E-state index in [1.807, 2.05) is 0 Å². The molecule has 0 saturated carbocycles. The number of furan rings is 1. The van der Waals surface area contributed by atoms with Crippen molar-refractivity contribution in [2.24, 2.45) is 0 Å². The molecule has 2 N–H and O–H groups in total. The van der Waals surface area contributed by atoms with E-state index in [1.54, 1.807) is 25.1 Å². The third-order valence-electron chi connectivity index (χ3n) is 3.87. The average molecular weight is 419 g/mol. The first-order chi connectivity index (χ1) is 13.8. The molecule has 0 aromatic carbocycles. The topological polar surface area (TPSA) is 109 Å². The first-order valence-electron chi connectivity index (χ1n) is 8.12. The number of aryl methyl sites for hydroxylation is 1. The first-order valence-corrected chi connectivity index (χ1v) is 8.94. The quantitative estimate of drug-likeness (QED) is 0.395. The van der Waals surface area contributed by atoms with Gasteiger partial charge >= 0.3 is 6.18 Å². The molecular formula is C17H12F3N7OS. The lowest BCUT2D eigenvalue weighted by Crippen LogP contribution is -2.12. The van der Waals surface area contributed by atoms with Crippen LogP contribution in [0.15, 0.2) is 57.5 Å². The van der Waals surface area contributed by atoms with Gasteiger partial charge in [-0.25, -0.2) is 14.6 Å². The van der Waals surface area contributed by atoms with Crippen molar-refractivity contribution in [2.45, 2.75) is 23.3 Å². The number of halogens is 3. The van der Waals surface area contributed by atoms with Crippen LogP contribution in [0.2, 0.25) is 0 Å². The second kappa shape index (κ2) is 7.20. The highest BCUT2D eigenvalue weighted by Gasteiger charge is 2.34. The fourth-order valence-electron chi connectivity index (χ4n) is 2.49. The normalized spacial score (nSPS) is 11.7. The van der Waals surface area contributed by atoms with Crippen LogP contribution in [0.5, 0.6) is 0 Å². The largest absolute Gasteiger partial charge is 0.469 e. The van der Waals surface area contributed by atoms with Gasteiger partial charge < -0.3 is 10.3 Å². The summed E-state index contributed by atoms with van der Waals surface area (Å²) < 4.78 is 46.4. The number of pyridine rings is 1. The van der Waals surface area contributed by atoms with E-state index in [9.17, 15) is 13.2 Å². The minimum absolute atomic E-state index is 0.0146. The van der Waals surface area contributed by atoms with Crippen molar-refractivity contribution in [3.63, 3.8) is 0 Å². The molecule has 148 valence electrons. The summed E-state index contributed by atoms with van der Waals surface area (Å²) in [5.74, 6) is 6.83. The van der Waals surface area contributed by atoms with Gasteiger partial charge in [0.2, 0.25) is 5.16 Å². The standard InChI is InChI=1S/C17H12F3N7OS/c1-9-11(4-6-28-9)15-25-26-16(27(15)21)29-13-7-12(17(18,19)20)23-14(24-13)10-3-2-5-22-8-10/h2-8H,21H2,1H3. The lowest BCUT2D eigenvalue weighted by atomic mass is 10.2. The molecule has 0 aliphatic carbocycles. The number of nitrogen functional groups attached to an aromatic ring is 1. The van der Waals surface area contributed by atoms with Crippen LogP contribution in [0.25, 0.3) is 22.8 Å². The minimum Gasteiger partial charge on any atom is -0.469 e. The minimum atomic E-state index is -4.65. The number of hydrogen-bond donors (Lipinski definition) is 1. The lowest BCUT2D eigenvalue weighted by Gasteiger charge is -2.10. The third-order valence-corrected chi connectivity index (χ3v) is 4.75.